The van der Waals surface area contributed by atoms with Crippen molar-refractivity contribution in [2.24, 2.45) is 0 Å². The zero-order valence-corrected chi connectivity index (χ0v) is 12.6. The smallest absolute Gasteiger partial charge is 0.259 e. The molecule has 5 heteroatoms. The number of fused-ring (bicyclic) bond motifs is 1. The highest BCUT2D eigenvalue weighted by atomic mass is 19.1. The van der Waals surface area contributed by atoms with Crippen molar-refractivity contribution in [3.8, 4) is 22.9 Å². The number of nitrogens with zero attached hydrogens (tertiary/aromatic N) is 2. The molecule has 0 aliphatic heterocycles. The molecule has 1 saturated carbocycles. The van der Waals surface area contributed by atoms with Gasteiger partial charge >= 0.3 is 0 Å². The fourth-order valence-corrected chi connectivity index (χ4v) is 3.12. The first kappa shape index (κ1) is 14.5. The molecule has 1 heterocycles. The van der Waals surface area contributed by atoms with Crippen molar-refractivity contribution in [1.82, 2.24) is 4.57 Å². The fourth-order valence-electron chi connectivity index (χ4n) is 3.12. The third-order valence-electron chi connectivity index (χ3n) is 4.32. The predicted molar refractivity (Wildman–Crippen MR) is 86.7 cm³/mol. The summed E-state index contributed by atoms with van der Waals surface area (Å²) in [7, 11) is 0. The SMILES string of the molecule is N#Cc1c(-c2cccc(F)c2)c2cc([O])ccc2c(=O)n1C1CC1. The average molecular weight is 319 g/mol. The molecule has 0 unspecified atom stereocenters. The molecule has 3 aromatic rings. The number of aromatic nitrogens is 1. The van der Waals surface area contributed by atoms with Crippen molar-refractivity contribution in [2.45, 2.75) is 18.9 Å². The van der Waals surface area contributed by atoms with Gasteiger partial charge in [-0.3, -0.25) is 14.5 Å². The molecule has 0 bridgehead atoms. The Kier molecular flexibility index (Phi) is 3.14. The van der Waals surface area contributed by atoms with Gasteiger partial charge in [-0.15, -0.1) is 0 Å². The van der Waals surface area contributed by atoms with Gasteiger partial charge in [0.2, 0.25) is 0 Å². The van der Waals surface area contributed by atoms with Gasteiger partial charge in [-0.05, 0) is 48.7 Å². The van der Waals surface area contributed by atoms with Crippen LogP contribution in [0.2, 0.25) is 0 Å². The van der Waals surface area contributed by atoms with E-state index in [1.165, 1.54) is 34.9 Å². The van der Waals surface area contributed by atoms with Gasteiger partial charge in [0.1, 0.15) is 17.6 Å². The van der Waals surface area contributed by atoms with Crippen LogP contribution in [-0.2, 0) is 5.11 Å². The standard InChI is InChI=1S/C19H12FN2O2/c20-12-3-1-2-11(8-12)18-16-9-14(23)6-7-15(16)19(24)22(13-4-5-13)17(18)10-21/h1-3,6-9,13H,4-5H2. The van der Waals surface area contributed by atoms with Gasteiger partial charge in [-0.2, -0.15) is 5.26 Å². The molecule has 0 atom stereocenters. The van der Waals surface area contributed by atoms with E-state index in [0.29, 0.717) is 21.9 Å². The largest absolute Gasteiger partial charge is 0.296 e. The molecule has 0 spiro atoms. The summed E-state index contributed by atoms with van der Waals surface area (Å²) in [5, 5.41) is 22.3. The molecular weight excluding hydrogens is 307 g/mol. The highest BCUT2D eigenvalue weighted by Gasteiger charge is 2.30. The third-order valence-corrected chi connectivity index (χ3v) is 4.32. The predicted octanol–water partition coefficient (Wildman–Crippen LogP) is 4.16. The molecule has 1 aliphatic rings. The summed E-state index contributed by atoms with van der Waals surface area (Å²) in [6.07, 6.45) is 1.67. The highest BCUT2D eigenvalue weighted by molar-refractivity contribution is 5.99. The molecule has 117 valence electrons. The van der Waals surface area contributed by atoms with Gasteiger partial charge < -0.3 is 0 Å². The fraction of sp³-hybridized carbons (Fsp3) is 0.158. The summed E-state index contributed by atoms with van der Waals surface area (Å²) in [6, 6.07) is 12.1. The first-order chi connectivity index (χ1) is 11.6. The van der Waals surface area contributed by atoms with E-state index in [9.17, 15) is 19.6 Å². The molecule has 4 rings (SSSR count). The minimum absolute atomic E-state index is 0.00390. The molecular formula is C19H12FN2O2. The van der Waals surface area contributed by atoms with Crippen LogP contribution in [0.1, 0.15) is 24.6 Å². The van der Waals surface area contributed by atoms with Crippen LogP contribution in [0.15, 0.2) is 47.3 Å². The molecule has 0 saturated heterocycles. The minimum atomic E-state index is -0.438. The molecule has 2 aromatic carbocycles. The lowest BCUT2D eigenvalue weighted by Gasteiger charge is -2.15. The second kappa shape index (κ2) is 5.20. The Morgan fingerprint density at radius 1 is 1.12 bits per heavy atom. The van der Waals surface area contributed by atoms with E-state index < -0.39 is 5.82 Å². The molecule has 24 heavy (non-hydrogen) atoms. The summed E-state index contributed by atoms with van der Waals surface area (Å²) >= 11 is 0. The van der Waals surface area contributed by atoms with Crippen molar-refractivity contribution >= 4 is 10.8 Å². The van der Waals surface area contributed by atoms with E-state index in [4.69, 9.17) is 0 Å². The minimum Gasteiger partial charge on any atom is -0.296 e. The van der Waals surface area contributed by atoms with Crippen LogP contribution < -0.4 is 5.56 Å². The molecule has 1 fully saturated rings. The average Bonchev–Trinajstić information content (AvgIpc) is 3.38. The molecule has 4 nitrogen and oxygen atoms in total. The van der Waals surface area contributed by atoms with Crippen molar-refractivity contribution in [3.05, 3.63) is 64.3 Å². The van der Waals surface area contributed by atoms with Gasteiger partial charge in [0, 0.05) is 22.4 Å². The maximum Gasteiger partial charge on any atom is 0.259 e. The van der Waals surface area contributed by atoms with Gasteiger partial charge in [-0.1, -0.05) is 12.1 Å². The van der Waals surface area contributed by atoms with Crippen LogP contribution in [0.5, 0.6) is 5.75 Å². The maximum atomic E-state index is 13.7. The number of halogens is 1. The summed E-state index contributed by atoms with van der Waals surface area (Å²) in [6.45, 7) is 0. The normalized spacial score (nSPS) is 13.8. The third kappa shape index (κ3) is 2.16. The van der Waals surface area contributed by atoms with E-state index in [0.717, 1.165) is 12.8 Å². The van der Waals surface area contributed by atoms with Crippen LogP contribution in [0, 0.1) is 17.1 Å². The first-order valence-corrected chi connectivity index (χ1v) is 7.65. The van der Waals surface area contributed by atoms with Crippen molar-refractivity contribution in [1.29, 1.82) is 5.26 Å². The Morgan fingerprint density at radius 3 is 2.58 bits per heavy atom. The van der Waals surface area contributed by atoms with Crippen molar-refractivity contribution < 1.29 is 9.50 Å². The van der Waals surface area contributed by atoms with Crippen LogP contribution in [0.25, 0.3) is 21.9 Å². The quantitative estimate of drug-likeness (QED) is 0.712. The lowest BCUT2D eigenvalue weighted by Crippen LogP contribution is -2.23. The van der Waals surface area contributed by atoms with E-state index >= 15 is 0 Å². The number of pyridine rings is 1. The zero-order valence-electron chi connectivity index (χ0n) is 12.6. The number of hydrogen-bond donors (Lipinski definition) is 0. The van der Waals surface area contributed by atoms with Crippen molar-refractivity contribution in [2.75, 3.05) is 0 Å². The van der Waals surface area contributed by atoms with E-state index in [-0.39, 0.29) is 23.0 Å². The molecule has 0 amide bonds. The van der Waals surface area contributed by atoms with Crippen LogP contribution >= 0.6 is 0 Å². The summed E-state index contributed by atoms with van der Waals surface area (Å²) in [5.74, 6) is -0.695. The van der Waals surface area contributed by atoms with E-state index in [1.807, 2.05) is 0 Å². The zero-order chi connectivity index (χ0) is 16.8. The number of rotatable bonds is 2. The number of hydrogen-bond acceptors (Lipinski definition) is 2. The van der Waals surface area contributed by atoms with Crippen LogP contribution in [-0.4, -0.2) is 4.57 Å². The van der Waals surface area contributed by atoms with Crippen LogP contribution in [0.4, 0.5) is 4.39 Å². The Morgan fingerprint density at radius 2 is 1.92 bits per heavy atom. The lowest BCUT2D eigenvalue weighted by molar-refractivity contribution is 0.355. The summed E-state index contributed by atoms with van der Waals surface area (Å²) in [4.78, 5) is 12.8. The van der Waals surface area contributed by atoms with Gasteiger partial charge in [0.05, 0.1) is 0 Å². The second-order valence-electron chi connectivity index (χ2n) is 5.96. The Bertz CT molecular complexity index is 1080. The Labute approximate surface area is 137 Å². The molecule has 0 N–H and O–H groups in total. The summed E-state index contributed by atoms with van der Waals surface area (Å²) in [5.41, 5.74) is 0.836. The molecule has 1 radical (unpaired) electrons. The van der Waals surface area contributed by atoms with Crippen LogP contribution in [0.3, 0.4) is 0 Å². The Balaban J connectivity index is 2.21. The van der Waals surface area contributed by atoms with Gasteiger partial charge in [-0.25, -0.2) is 4.39 Å². The number of nitriles is 1. The monoisotopic (exact) mass is 319 g/mol. The lowest BCUT2D eigenvalue weighted by atomic mass is 9.96. The molecule has 1 aromatic heterocycles. The van der Waals surface area contributed by atoms with E-state index in [2.05, 4.69) is 6.07 Å². The van der Waals surface area contributed by atoms with E-state index in [1.54, 1.807) is 12.1 Å². The van der Waals surface area contributed by atoms with Crippen molar-refractivity contribution in [3.63, 3.8) is 0 Å². The highest BCUT2D eigenvalue weighted by Crippen LogP contribution is 2.39. The summed E-state index contributed by atoms with van der Waals surface area (Å²) < 4.78 is 15.2. The first-order valence-electron chi connectivity index (χ1n) is 7.65. The molecule has 1 aliphatic carbocycles. The number of benzene rings is 2. The topological polar surface area (TPSA) is 65.7 Å². The Hall–Kier alpha value is -3.13. The van der Waals surface area contributed by atoms with Gasteiger partial charge in [0.15, 0.2) is 5.75 Å². The maximum absolute atomic E-state index is 13.7. The second-order valence-corrected chi connectivity index (χ2v) is 5.96. The van der Waals surface area contributed by atoms with Gasteiger partial charge in [0.25, 0.3) is 5.56 Å².